The van der Waals surface area contributed by atoms with Crippen molar-refractivity contribution in [1.82, 2.24) is 14.8 Å². The number of fused-ring (bicyclic) bond motifs is 3. The van der Waals surface area contributed by atoms with E-state index in [1.807, 2.05) is 30.3 Å². The van der Waals surface area contributed by atoms with Gasteiger partial charge in [0.05, 0.1) is 33.8 Å². The van der Waals surface area contributed by atoms with Crippen LogP contribution in [0.4, 0.5) is 5.69 Å². The number of benzene rings is 3. The van der Waals surface area contributed by atoms with E-state index < -0.39 is 10.9 Å². The van der Waals surface area contributed by atoms with Gasteiger partial charge < -0.3 is 4.74 Å². The maximum absolute atomic E-state index is 12.4. The van der Waals surface area contributed by atoms with Crippen molar-refractivity contribution >= 4 is 33.5 Å². The summed E-state index contributed by atoms with van der Waals surface area (Å²) in [6.07, 6.45) is 1.74. The maximum Gasteiger partial charge on any atom is 0.338 e. The number of nitro groups is 1. The zero-order valence-corrected chi connectivity index (χ0v) is 17.6. The third-order valence-corrected chi connectivity index (χ3v) is 5.35. The molecule has 2 heterocycles. The van der Waals surface area contributed by atoms with Crippen molar-refractivity contribution in [2.75, 3.05) is 6.61 Å². The minimum absolute atomic E-state index is 0.0389. The minimum atomic E-state index is -0.439. The molecule has 0 aliphatic carbocycles. The first-order valence-corrected chi connectivity index (χ1v) is 10.4. The first kappa shape index (κ1) is 20.3. The first-order chi connectivity index (χ1) is 16.1. The summed E-state index contributed by atoms with van der Waals surface area (Å²) in [6, 6.07) is 21.1. The van der Waals surface area contributed by atoms with Crippen molar-refractivity contribution < 1.29 is 14.5 Å². The van der Waals surface area contributed by atoms with Crippen LogP contribution in [0.2, 0.25) is 0 Å². The van der Waals surface area contributed by atoms with Crippen molar-refractivity contribution in [2.45, 2.75) is 6.92 Å². The lowest BCUT2D eigenvalue weighted by atomic mass is 10.1. The lowest BCUT2D eigenvalue weighted by Crippen LogP contribution is -2.04. The molecule has 0 bridgehead atoms. The minimum Gasteiger partial charge on any atom is -0.462 e. The summed E-state index contributed by atoms with van der Waals surface area (Å²) in [4.78, 5) is 27.9. The number of rotatable bonds is 5. The van der Waals surface area contributed by atoms with Crippen LogP contribution in [-0.2, 0) is 4.74 Å². The van der Waals surface area contributed by atoms with Crippen LogP contribution in [0.25, 0.3) is 38.8 Å². The average Bonchev–Trinajstić information content (AvgIpc) is 3.25. The van der Waals surface area contributed by atoms with Crippen LogP contribution in [0.5, 0.6) is 0 Å². The second-order valence-electron chi connectivity index (χ2n) is 7.38. The molecule has 0 spiro atoms. The number of carbonyl (C=O) groups is 1. The van der Waals surface area contributed by atoms with E-state index in [1.54, 1.807) is 48.1 Å². The molecule has 0 fully saturated rings. The third kappa shape index (κ3) is 3.57. The number of hydrogen-bond acceptors (Lipinski definition) is 6. The van der Waals surface area contributed by atoms with Crippen LogP contribution < -0.4 is 0 Å². The molecule has 3 aromatic carbocycles. The molecular formula is C25H18N4O4. The molecule has 0 amide bonds. The second kappa shape index (κ2) is 8.16. The molecule has 0 saturated heterocycles. The summed E-state index contributed by atoms with van der Waals surface area (Å²) in [6.45, 7) is 2.02. The van der Waals surface area contributed by atoms with Gasteiger partial charge in [-0.15, -0.1) is 0 Å². The Kier molecular flexibility index (Phi) is 5.02. The highest BCUT2D eigenvalue weighted by Crippen LogP contribution is 2.34. The number of esters is 1. The van der Waals surface area contributed by atoms with E-state index in [4.69, 9.17) is 9.84 Å². The standard InChI is InChI=1S/C25H18N4O4/c1-2-33-25(30)17-11-12-22-20(13-17)24-21(15-26-22)23(16-7-4-3-5-8-16)27-28(24)18-9-6-10-19(14-18)29(31)32/h3-15H,2H2,1H3. The largest absolute Gasteiger partial charge is 0.462 e. The average molecular weight is 438 g/mol. The molecule has 0 radical (unpaired) electrons. The van der Waals surface area contributed by atoms with E-state index in [2.05, 4.69) is 4.98 Å². The molecule has 33 heavy (non-hydrogen) atoms. The number of nitro benzene ring substituents is 1. The SMILES string of the molecule is CCOC(=O)c1ccc2ncc3c(-c4ccccc4)nn(-c4cccc([N+](=O)[O-])c4)c3c2c1. The fourth-order valence-corrected chi connectivity index (χ4v) is 3.86. The van der Waals surface area contributed by atoms with Crippen LogP contribution in [0.15, 0.2) is 79.0 Å². The topological polar surface area (TPSA) is 100 Å². The third-order valence-electron chi connectivity index (χ3n) is 5.35. The van der Waals surface area contributed by atoms with Gasteiger partial charge in [-0.25, -0.2) is 9.48 Å². The van der Waals surface area contributed by atoms with Gasteiger partial charge in [0.2, 0.25) is 0 Å². The quantitative estimate of drug-likeness (QED) is 0.209. The van der Waals surface area contributed by atoms with Gasteiger partial charge in [-0.05, 0) is 31.2 Å². The number of nitrogens with zero attached hydrogens (tertiary/aromatic N) is 4. The van der Waals surface area contributed by atoms with Crippen LogP contribution in [0.3, 0.4) is 0 Å². The molecule has 2 aromatic heterocycles. The summed E-state index contributed by atoms with van der Waals surface area (Å²) in [5, 5.41) is 17.7. The Morgan fingerprint density at radius 2 is 1.85 bits per heavy atom. The number of ether oxygens (including phenoxy) is 1. The van der Waals surface area contributed by atoms with E-state index in [0.717, 1.165) is 10.9 Å². The van der Waals surface area contributed by atoms with Gasteiger partial charge in [-0.3, -0.25) is 15.1 Å². The van der Waals surface area contributed by atoms with Gasteiger partial charge in [-0.2, -0.15) is 5.10 Å². The maximum atomic E-state index is 12.4. The van der Waals surface area contributed by atoms with Gasteiger partial charge in [0.25, 0.3) is 5.69 Å². The number of aromatic nitrogens is 3. The van der Waals surface area contributed by atoms with Crippen molar-refractivity contribution in [1.29, 1.82) is 0 Å². The zero-order chi connectivity index (χ0) is 22.9. The molecule has 8 nitrogen and oxygen atoms in total. The molecule has 5 aromatic rings. The summed E-state index contributed by atoms with van der Waals surface area (Å²) in [7, 11) is 0. The van der Waals surface area contributed by atoms with Crippen LogP contribution in [0.1, 0.15) is 17.3 Å². The molecule has 8 heteroatoms. The van der Waals surface area contributed by atoms with Crippen molar-refractivity contribution in [2.24, 2.45) is 0 Å². The summed E-state index contributed by atoms with van der Waals surface area (Å²) >= 11 is 0. The Labute approximate surface area is 188 Å². The monoisotopic (exact) mass is 438 g/mol. The Bertz CT molecular complexity index is 1530. The van der Waals surface area contributed by atoms with Crippen molar-refractivity contribution in [3.63, 3.8) is 0 Å². The van der Waals surface area contributed by atoms with Gasteiger partial charge >= 0.3 is 5.97 Å². The Morgan fingerprint density at radius 3 is 2.61 bits per heavy atom. The lowest BCUT2D eigenvalue weighted by molar-refractivity contribution is -0.384. The van der Waals surface area contributed by atoms with Gasteiger partial charge in [-0.1, -0.05) is 36.4 Å². The fraction of sp³-hybridized carbons (Fsp3) is 0.0800. The van der Waals surface area contributed by atoms with Crippen molar-refractivity contribution in [3.05, 3.63) is 94.7 Å². The second-order valence-corrected chi connectivity index (χ2v) is 7.38. The molecule has 5 rings (SSSR count). The smallest absolute Gasteiger partial charge is 0.338 e. The highest BCUT2D eigenvalue weighted by Gasteiger charge is 2.19. The summed E-state index contributed by atoms with van der Waals surface area (Å²) in [5.74, 6) is -0.430. The van der Waals surface area contributed by atoms with Gasteiger partial charge in [0.1, 0.15) is 5.69 Å². The van der Waals surface area contributed by atoms with Crippen LogP contribution >= 0.6 is 0 Å². The summed E-state index contributed by atoms with van der Waals surface area (Å²) < 4.78 is 6.83. The molecule has 0 saturated carbocycles. The van der Waals surface area contributed by atoms with Gasteiger partial charge in [0, 0.05) is 34.7 Å². The molecule has 0 N–H and O–H groups in total. The number of non-ortho nitro benzene ring substituents is 1. The number of carbonyl (C=O) groups excluding carboxylic acids is 1. The Balaban J connectivity index is 1.86. The molecule has 0 aliphatic heterocycles. The Morgan fingerprint density at radius 1 is 1.03 bits per heavy atom. The molecule has 162 valence electrons. The van der Waals surface area contributed by atoms with Gasteiger partial charge in [0.15, 0.2) is 0 Å². The zero-order valence-electron chi connectivity index (χ0n) is 17.6. The molecule has 0 unspecified atom stereocenters. The lowest BCUT2D eigenvalue weighted by Gasteiger charge is -2.08. The molecular weight excluding hydrogens is 420 g/mol. The summed E-state index contributed by atoms with van der Waals surface area (Å²) in [5.41, 5.74) is 3.83. The molecule has 0 aliphatic rings. The van der Waals surface area contributed by atoms with E-state index in [0.29, 0.717) is 33.4 Å². The Hall–Kier alpha value is -4.59. The van der Waals surface area contributed by atoms with Crippen molar-refractivity contribution in [3.8, 4) is 16.9 Å². The predicted molar refractivity (Wildman–Crippen MR) is 124 cm³/mol. The van der Waals surface area contributed by atoms with E-state index in [9.17, 15) is 14.9 Å². The first-order valence-electron chi connectivity index (χ1n) is 10.4. The van der Waals surface area contributed by atoms with Crippen LogP contribution in [-0.4, -0.2) is 32.3 Å². The highest BCUT2D eigenvalue weighted by molar-refractivity contribution is 6.10. The predicted octanol–water partition coefficient (Wildman–Crippen LogP) is 5.33. The van der Waals surface area contributed by atoms with E-state index in [1.165, 1.54) is 12.1 Å². The highest BCUT2D eigenvalue weighted by atomic mass is 16.6. The normalized spacial score (nSPS) is 11.1. The van der Waals surface area contributed by atoms with E-state index >= 15 is 0 Å². The van der Waals surface area contributed by atoms with Crippen LogP contribution in [0, 0.1) is 10.1 Å². The fourth-order valence-electron chi connectivity index (χ4n) is 3.86. The molecule has 0 atom stereocenters. The number of hydrogen-bond donors (Lipinski definition) is 0. The van der Waals surface area contributed by atoms with E-state index in [-0.39, 0.29) is 12.3 Å². The number of pyridine rings is 1.